The van der Waals surface area contributed by atoms with Crippen LogP contribution in [0.1, 0.15) is 194 Å². The Kier molecular flexibility index (Phi) is 39.4. The van der Waals surface area contributed by atoms with Crippen LogP contribution in [0.25, 0.3) is 0 Å². The van der Waals surface area contributed by atoms with Gasteiger partial charge < -0.3 is 34.3 Å². The number of ether oxygens (including phenoxy) is 4. The molecular weight excluding hydrogens is 837 g/mol. The Hall–Kier alpha value is -2.20. The molecule has 0 spiro atoms. The zero-order valence-corrected chi connectivity index (χ0v) is 40.6. The molecule has 372 valence electrons. The maximum absolute atomic E-state index is 12.9. The molecule has 6 atom stereocenters. The van der Waals surface area contributed by atoms with Crippen LogP contribution in [0.3, 0.4) is 0 Å². The smallest absolute Gasteiger partial charge is 0.397 e. The number of allylic oxidation sites excluding steroid dienone is 10. The highest BCUT2D eigenvalue weighted by atomic mass is 32.3. The molecule has 1 fully saturated rings. The predicted octanol–water partition coefficient (Wildman–Crippen LogP) is 11.3. The number of aliphatic hydroxyl groups excluding tert-OH is 3. The van der Waals surface area contributed by atoms with Gasteiger partial charge in [-0.25, -0.2) is 4.18 Å². The number of carbonyl (C=O) groups is 1. The molecule has 6 unspecified atom stereocenters. The number of rotatable bonds is 43. The van der Waals surface area contributed by atoms with E-state index < -0.39 is 59.8 Å². The van der Waals surface area contributed by atoms with Gasteiger partial charge in [0.1, 0.15) is 30.5 Å². The molecule has 1 rings (SSSR count). The topological polar surface area (TPSA) is 178 Å². The first-order valence-electron chi connectivity index (χ1n) is 25.0. The van der Waals surface area contributed by atoms with Crippen LogP contribution in [0.5, 0.6) is 0 Å². The van der Waals surface area contributed by atoms with Crippen LogP contribution in [0, 0.1) is 0 Å². The minimum absolute atomic E-state index is 0.0298. The van der Waals surface area contributed by atoms with Crippen LogP contribution in [0.15, 0.2) is 60.8 Å². The van der Waals surface area contributed by atoms with Gasteiger partial charge in [-0.2, -0.15) is 8.42 Å². The molecule has 4 N–H and O–H groups in total. The van der Waals surface area contributed by atoms with Crippen LogP contribution in [-0.4, -0.2) is 97.5 Å². The van der Waals surface area contributed by atoms with Gasteiger partial charge in [0.05, 0.1) is 19.8 Å². The molecule has 0 aliphatic carbocycles. The van der Waals surface area contributed by atoms with Gasteiger partial charge in [-0.05, 0) is 57.8 Å². The molecule has 1 aliphatic rings. The van der Waals surface area contributed by atoms with Crippen molar-refractivity contribution in [3.8, 4) is 0 Å². The standard InChI is InChI=1S/C51H90O12S/c1-3-5-7-9-11-13-15-17-18-19-20-21-22-23-24-25-26-27-29-31-33-35-37-39-41-59-43-45(44-60-51-49(55)50(63-64(56,57)58)48(54)46(42-52)62-51)61-47(53)40-38-36-34-32-30-28-16-14-12-10-8-6-4-2/h5,7,11,13,17-18,20-21,23-24,45-46,48-52,54-55H,3-4,6,8-10,12,14-16,19,22,25-44H2,1-2H3,(H,56,57,58)/b7-5-,13-11-,18-17-,21-20-,24-23-. The van der Waals surface area contributed by atoms with Crippen molar-refractivity contribution in [3.63, 3.8) is 0 Å². The summed E-state index contributed by atoms with van der Waals surface area (Å²) < 4.78 is 59.2. The van der Waals surface area contributed by atoms with E-state index in [1.54, 1.807) is 0 Å². The Balaban J connectivity index is 2.35. The Bertz CT molecular complexity index is 1350. The maximum atomic E-state index is 12.9. The van der Waals surface area contributed by atoms with Gasteiger partial charge in [0, 0.05) is 13.0 Å². The summed E-state index contributed by atoms with van der Waals surface area (Å²) in [5, 5.41) is 30.7. The lowest BCUT2D eigenvalue weighted by Crippen LogP contribution is -2.60. The molecule has 13 heteroatoms. The fraction of sp³-hybridized carbons (Fsp3) is 0.784. The number of hydrogen-bond acceptors (Lipinski definition) is 11. The molecular formula is C51H90O12S. The normalized spacial score (nSPS) is 20.2. The highest BCUT2D eigenvalue weighted by Gasteiger charge is 2.48. The zero-order valence-electron chi connectivity index (χ0n) is 39.8. The average molecular weight is 927 g/mol. The first kappa shape index (κ1) is 59.8. The molecule has 0 bridgehead atoms. The largest absolute Gasteiger partial charge is 0.457 e. The van der Waals surface area contributed by atoms with Gasteiger partial charge >= 0.3 is 16.4 Å². The fourth-order valence-electron chi connectivity index (χ4n) is 7.41. The molecule has 0 aromatic heterocycles. The lowest BCUT2D eigenvalue weighted by Gasteiger charge is -2.41. The Morgan fingerprint density at radius 3 is 1.58 bits per heavy atom. The minimum Gasteiger partial charge on any atom is -0.457 e. The van der Waals surface area contributed by atoms with Crippen molar-refractivity contribution in [3.05, 3.63) is 60.8 Å². The summed E-state index contributed by atoms with van der Waals surface area (Å²) in [6.07, 6.45) is 43.9. The van der Waals surface area contributed by atoms with Crippen molar-refractivity contribution in [2.75, 3.05) is 26.4 Å². The molecule has 0 aromatic carbocycles. The van der Waals surface area contributed by atoms with Crippen LogP contribution in [0.2, 0.25) is 0 Å². The number of esters is 1. The minimum atomic E-state index is -5.07. The average Bonchev–Trinajstić information content (AvgIpc) is 3.27. The second-order valence-electron chi connectivity index (χ2n) is 17.0. The molecule has 1 heterocycles. The summed E-state index contributed by atoms with van der Waals surface area (Å²) >= 11 is 0. The van der Waals surface area contributed by atoms with Crippen LogP contribution < -0.4 is 0 Å². The molecule has 0 amide bonds. The highest BCUT2D eigenvalue weighted by molar-refractivity contribution is 7.80. The molecule has 0 saturated carbocycles. The third-order valence-corrected chi connectivity index (χ3v) is 11.6. The SMILES string of the molecule is CC/C=C\C/C=C\C/C=C\C/C=C\C/C=C\CCCCCCCCCCOCC(COC1OC(CO)C(O)C(OS(=O)(=O)O)C1O)OC(=O)CCCCCCCCCCCCCCC. The van der Waals surface area contributed by atoms with Gasteiger partial charge in [0.15, 0.2) is 6.29 Å². The van der Waals surface area contributed by atoms with E-state index in [0.29, 0.717) is 13.0 Å². The van der Waals surface area contributed by atoms with Crippen molar-refractivity contribution < 1.29 is 56.2 Å². The van der Waals surface area contributed by atoms with Crippen molar-refractivity contribution in [1.29, 1.82) is 0 Å². The van der Waals surface area contributed by atoms with E-state index in [-0.39, 0.29) is 19.6 Å². The number of aliphatic hydroxyl groups is 3. The monoisotopic (exact) mass is 927 g/mol. The second kappa shape index (κ2) is 42.2. The van der Waals surface area contributed by atoms with Crippen LogP contribution >= 0.6 is 0 Å². The van der Waals surface area contributed by atoms with E-state index in [9.17, 15) is 33.1 Å². The Morgan fingerprint density at radius 2 is 1.08 bits per heavy atom. The first-order chi connectivity index (χ1) is 31.1. The summed E-state index contributed by atoms with van der Waals surface area (Å²) in [4.78, 5) is 12.9. The van der Waals surface area contributed by atoms with E-state index in [1.807, 2.05) is 0 Å². The Labute approximate surface area is 388 Å². The van der Waals surface area contributed by atoms with Gasteiger partial charge in [-0.1, -0.05) is 190 Å². The van der Waals surface area contributed by atoms with Crippen LogP contribution in [-0.2, 0) is 38.3 Å². The predicted molar refractivity (Wildman–Crippen MR) is 257 cm³/mol. The third-order valence-electron chi connectivity index (χ3n) is 11.2. The zero-order chi connectivity index (χ0) is 46.8. The van der Waals surface area contributed by atoms with E-state index in [2.05, 4.69) is 78.8 Å². The maximum Gasteiger partial charge on any atom is 0.397 e. The second-order valence-corrected chi connectivity index (χ2v) is 18.1. The molecule has 64 heavy (non-hydrogen) atoms. The van der Waals surface area contributed by atoms with Crippen molar-refractivity contribution >= 4 is 16.4 Å². The first-order valence-corrected chi connectivity index (χ1v) is 26.4. The summed E-state index contributed by atoms with van der Waals surface area (Å²) in [5.41, 5.74) is 0. The van der Waals surface area contributed by atoms with Crippen LogP contribution in [0.4, 0.5) is 0 Å². The van der Waals surface area contributed by atoms with Crippen molar-refractivity contribution in [2.45, 2.75) is 230 Å². The molecule has 1 saturated heterocycles. The van der Waals surface area contributed by atoms with Gasteiger partial charge in [0.25, 0.3) is 0 Å². The lowest BCUT2D eigenvalue weighted by atomic mass is 9.99. The molecule has 1 aliphatic heterocycles. The Morgan fingerprint density at radius 1 is 0.609 bits per heavy atom. The third kappa shape index (κ3) is 35.1. The van der Waals surface area contributed by atoms with Gasteiger partial charge in [-0.15, -0.1) is 0 Å². The number of unbranched alkanes of at least 4 members (excludes halogenated alkanes) is 20. The summed E-state index contributed by atoms with van der Waals surface area (Å²) in [6.45, 7) is 3.86. The van der Waals surface area contributed by atoms with E-state index in [4.69, 9.17) is 18.9 Å². The van der Waals surface area contributed by atoms with Gasteiger partial charge in [0.2, 0.25) is 0 Å². The quantitative estimate of drug-likeness (QED) is 0.0197. The fourth-order valence-corrected chi connectivity index (χ4v) is 7.91. The summed E-state index contributed by atoms with van der Waals surface area (Å²) in [6, 6.07) is 0. The van der Waals surface area contributed by atoms with Gasteiger partial charge in [-0.3, -0.25) is 9.35 Å². The number of carbonyl (C=O) groups excluding carboxylic acids is 1. The summed E-state index contributed by atoms with van der Waals surface area (Å²) in [5.74, 6) is -0.403. The van der Waals surface area contributed by atoms with Crippen molar-refractivity contribution in [2.24, 2.45) is 0 Å². The lowest BCUT2D eigenvalue weighted by molar-refractivity contribution is -0.301. The van der Waals surface area contributed by atoms with E-state index in [0.717, 1.165) is 77.0 Å². The highest BCUT2D eigenvalue weighted by Crippen LogP contribution is 2.26. The molecule has 0 radical (unpaired) electrons. The van der Waals surface area contributed by atoms with Crippen molar-refractivity contribution in [1.82, 2.24) is 0 Å². The molecule has 0 aromatic rings. The summed E-state index contributed by atoms with van der Waals surface area (Å²) in [7, 11) is -5.07. The van der Waals surface area contributed by atoms with E-state index >= 15 is 0 Å². The number of hydrogen-bond donors (Lipinski definition) is 4. The molecule has 12 nitrogen and oxygen atoms in total. The van der Waals surface area contributed by atoms with E-state index in [1.165, 1.54) is 89.9 Å².